The van der Waals surface area contributed by atoms with Gasteiger partial charge in [0.1, 0.15) is 0 Å². The minimum atomic E-state index is 0.638. The summed E-state index contributed by atoms with van der Waals surface area (Å²) in [5.41, 5.74) is 3.53. The van der Waals surface area contributed by atoms with E-state index in [2.05, 4.69) is 56.9 Å². The van der Waals surface area contributed by atoms with Crippen LogP contribution in [-0.4, -0.2) is 26.1 Å². The summed E-state index contributed by atoms with van der Waals surface area (Å²) in [5, 5.41) is 7.42. The molecule has 3 rings (SSSR count). The summed E-state index contributed by atoms with van der Waals surface area (Å²) in [6.45, 7) is 3.33. The number of hydrogen-bond acceptors (Lipinski definition) is 2. The average molecular weight is 355 g/mol. The van der Waals surface area contributed by atoms with Gasteiger partial charge in [0, 0.05) is 43.9 Å². The molecule has 1 aliphatic rings. The molecule has 0 spiro atoms. The quantitative estimate of drug-likeness (QED) is 0.490. The maximum absolute atomic E-state index is 6.19. The van der Waals surface area contributed by atoms with E-state index < -0.39 is 0 Å². The average Bonchev–Trinajstić information content (AvgIpc) is 3.18. The topological polar surface area (TPSA) is 39.7 Å². The Kier molecular flexibility index (Phi) is 5.96. The fourth-order valence-corrected chi connectivity index (χ4v) is 2.98. The van der Waals surface area contributed by atoms with Gasteiger partial charge >= 0.3 is 0 Å². The molecular weight excluding hydrogens is 332 g/mol. The van der Waals surface area contributed by atoms with Crippen molar-refractivity contribution >= 4 is 23.2 Å². The van der Waals surface area contributed by atoms with Crippen molar-refractivity contribution in [2.75, 3.05) is 25.0 Å². The highest BCUT2D eigenvalue weighted by atomic mass is 35.5. The number of halogens is 1. The number of benzene rings is 2. The third-order valence-electron chi connectivity index (χ3n) is 4.18. The number of nitrogens with one attached hydrogen (secondary N) is 2. The van der Waals surface area contributed by atoms with E-state index in [1.54, 1.807) is 7.05 Å². The van der Waals surface area contributed by atoms with Crippen LogP contribution in [0, 0.1) is 0 Å². The Hall–Kier alpha value is -2.46. The van der Waals surface area contributed by atoms with Crippen molar-refractivity contribution in [2.24, 2.45) is 4.99 Å². The molecule has 5 heteroatoms. The van der Waals surface area contributed by atoms with E-state index in [-0.39, 0.29) is 0 Å². The second-order valence-corrected chi connectivity index (χ2v) is 6.32. The van der Waals surface area contributed by atoms with Crippen LogP contribution in [-0.2, 0) is 13.1 Å². The summed E-state index contributed by atoms with van der Waals surface area (Å²) >= 11 is 6.19. The number of guanidine groups is 1. The predicted molar refractivity (Wildman–Crippen MR) is 106 cm³/mol. The summed E-state index contributed by atoms with van der Waals surface area (Å²) in [6, 6.07) is 16.4. The Morgan fingerprint density at radius 3 is 2.56 bits per heavy atom. The first-order chi connectivity index (χ1) is 12.3. The minimum absolute atomic E-state index is 0.638. The van der Waals surface area contributed by atoms with Crippen LogP contribution in [0.5, 0.6) is 0 Å². The van der Waals surface area contributed by atoms with Crippen LogP contribution < -0.4 is 15.5 Å². The van der Waals surface area contributed by atoms with Crippen molar-refractivity contribution in [3.05, 3.63) is 76.8 Å². The molecule has 130 valence electrons. The van der Waals surface area contributed by atoms with Crippen LogP contribution in [0.15, 0.2) is 65.7 Å². The van der Waals surface area contributed by atoms with Gasteiger partial charge < -0.3 is 15.5 Å². The molecule has 0 radical (unpaired) electrons. The fourth-order valence-electron chi connectivity index (χ4n) is 2.78. The van der Waals surface area contributed by atoms with Crippen molar-refractivity contribution in [3.8, 4) is 0 Å². The predicted octanol–water partition coefficient (Wildman–Crippen LogP) is 3.58. The van der Waals surface area contributed by atoms with Crippen LogP contribution in [0.2, 0.25) is 5.02 Å². The highest BCUT2D eigenvalue weighted by molar-refractivity contribution is 6.31. The standard InChI is InChI=1S/C20H23ClN4/c1-22-20(24-15-17-8-2-3-10-19(17)21)23-14-16-7-6-9-18(13-16)25-11-4-5-12-25/h2-10,13H,11-12,14-15H2,1H3,(H2,22,23,24). The molecule has 0 bridgehead atoms. The Morgan fingerprint density at radius 1 is 1.04 bits per heavy atom. The third kappa shape index (κ3) is 4.77. The first-order valence-electron chi connectivity index (χ1n) is 8.43. The second kappa shape index (κ2) is 8.58. The molecule has 1 heterocycles. The van der Waals surface area contributed by atoms with Crippen LogP contribution in [0.3, 0.4) is 0 Å². The van der Waals surface area contributed by atoms with Gasteiger partial charge in [0.05, 0.1) is 0 Å². The van der Waals surface area contributed by atoms with Crippen LogP contribution in [0.4, 0.5) is 5.69 Å². The van der Waals surface area contributed by atoms with Gasteiger partial charge in [-0.15, -0.1) is 0 Å². The summed E-state index contributed by atoms with van der Waals surface area (Å²) in [4.78, 5) is 6.62. The van der Waals surface area contributed by atoms with Gasteiger partial charge in [-0.2, -0.15) is 0 Å². The molecule has 0 saturated carbocycles. The maximum atomic E-state index is 6.19. The Labute approximate surface area is 154 Å². The number of nitrogens with zero attached hydrogens (tertiary/aromatic N) is 2. The van der Waals surface area contributed by atoms with Gasteiger partial charge in [-0.25, -0.2) is 0 Å². The summed E-state index contributed by atoms with van der Waals surface area (Å²) in [6.07, 6.45) is 4.40. The van der Waals surface area contributed by atoms with Gasteiger partial charge in [-0.3, -0.25) is 4.99 Å². The lowest BCUT2D eigenvalue weighted by Crippen LogP contribution is -2.36. The maximum Gasteiger partial charge on any atom is 0.191 e. The van der Waals surface area contributed by atoms with E-state index in [1.165, 1.54) is 11.3 Å². The molecule has 4 nitrogen and oxygen atoms in total. The Balaban J connectivity index is 1.54. The van der Waals surface area contributed by atoms with Crippen molar-refractivity contribution < 1.29 is 0 Å². The minimum Gasteiger partial charge on any atom is -0.364 e. The summed E-state index contributed by atoms with van der Waals surface area (Å²) < 4.78 is 0. The monoisotopic (exact) mass is 354 g/mol. The Bertz CT molecular complexity index is 762. The molecule has 0 saturated heterocycles. The number of rotatable bonds is 5. The van der Waals surface area contributed by atoms with Gasteiger partial charge in [0.15, 0.2) is 5.96 Å². The van der Waals surface area contributed by atoms with E-state index in [1.807, 2.05) is 24.3 Å². The first kappa shape index (κ1) is 17.4. The highest BCUT2D eigenvalue weighted by Gasteiger charge is 2.08. The normalized spacial score (nSPS) is 14.0. The molecule has 25 heavy (non-hydrogen) atoms. The van der Waals surface area contributed by atoms with Crippen molar-refractivity contribution in [2.45, 2.75) is 13.1 Å². The molecule has 2 aromatic rings. The van der Waals surface area contributed by atoms with Gasteiger partial charge in [-0.05, 0) is 29.3 Å². The number of aliphatic imine (C=N–C) groups is 1. The molecule has 0 fully saturated rings. The molecule has 0 amide bonds. The fraction of sp³-hybridized carbons (Fsp3) is 0.250. The molecule has 0 unspecified atom stereocenters. The lowest BCUT2D eigenvalue weighted by Gasteiger charge is -2.19. The largest absolute Gasteiger partial charge is 0.364 e. The van der Waals surface area contributed by atoms with Gasteiger partial charge in [0.25, 0.3) is 0 Å². The van der Waals surface area contributed by atoms with E-state index in [0.29, 0.717) is 6.54 Å². The molecular formula is C20H23ClN4. The summed E-state index contributed by atoms with van der Waals surface area (Å²) in [5.74, 6) is 0.758. The molecule has 0 aliphatic carbocycles. The van der Waals surface area contributed by atoms with Crippen molar-refractivity contribution in [1.29, 1.82) is 0 Å². The lowest BCUT2D eigenvalue weighted by atomic mass is 10.2. The lowest BCUT2D eigenvalue weighted by molar-refractivity contribution is 0.808. The van der Waals surface area contributed by atoms with Crippen molar-refractivity contribution in [1.82, 2.24) is 10.6 Å². The third-order valence-corrected chi connectivity index (χ3v) is 4.55. The second-order valence-electron chi connectivity index (χ2n) is 5.92. The van der Waals surface area contributed by atoms with Gasteiger partial charge in [-0.1, -0.05) is 54.1 Å². The zero-order chi connectivity index (χ0) is 17.5. The summed E-state index contributed by atoms with van der Waals surface area (Å²) in [7, 11) is 1.77. The van der Waals surface area contributed by atoms with E-state index in [4.69, 9.17) is 11.6 Å². The molecule has 0 aromatic heterocycles. The Morgan fingerprint density at radius 2 is 1.80 bits per heavy atom. The SMILES string of the molecule is CN=C(NCc1cccc(N2CC=CC2)c1)NCc1ccccc1Cl. The van der Waals surface area contributed by atoms with Crippen LogP contribution >= 0.6 is 11.6 Å². The number of anilines is 1. The van der Waals surface area contributed by atoms with Crippen molar-refractivity contribution in [3.63, 3.8) is 0 Å². The molecule has 1 aliphatic heterocycles. The van der Waals surface area contributed by atoms with Gasteiger partial charge in [0.2, 0.25) is 0 Å². The van der Waals surface area contributed by atoms with Crippen LogP contribution in [0.25, 0.3) is 0 Å². The molecule has 2 N–H and O–H groups in total. The van der Waals surface area contributed by atoms with Crippen LogP contribution in [0.1, 0.15) is 11.1 Å². The molecule has 2 aromatic carbocycles. The van der Waals surface area contributed by atoms with E-state index in [0.717, 1.165) is 36.2 Å². The smallest absolute Gasteiger partial charge is 0.191 e. The van der Waals surface area contributed by atoms with E-state index >= 15 is 0 Å². The highest BCUT2D eigenvalue weighted by Crippen LogP contribution is 2.18. The first-order valence-corrected chi connectivity index (χ1v) is 8.81. The zero-order valence-electron chi connectivity index (χ0n) is 14.4. The zero-order valence-corrected chi connectivity index (χ0v) is 15.1. The number of hydrogen-bond donors (Lipinski definition) is 2. The molecule has 0 atom stereocenters. The van der Waals surface area contributed by atoms with E-state index in [9.17, 15) is 0 Å².